The molecule has 0 radical (unpaired) electrons. The number of alkyl halides is 1. The Morgan fingerprint density at radius 2 is 1.79 bits per heavy atom. The molecular formula is C18H23Cl. The summed E-state index contributed by atoms with van der Waals surface area (Å²) in [7, 11) is 0. The summed E-state index contributed by atoms with van der Waals surface area (Å²) >= 11 is 6.40. The summed E-state index contributed by atoms with van der Waals surface area (Å²) in [6.45, 7) is 15.1. The van der Waals surface area contributed by atoms with E-state index < -0.39 is 0 Å². The molecule has 0 nitrogen and oxygen atoms in total. The molecule has 0 N–H and O–H groups in total. The zero-order chi connectivity index (χ0) is 14.4. The van der Waals surface area contributed by atoms with Crippen molar-refractivity contribution in [1.82, 2.24) is 0 Å². The highest BCUT2D eigenvalue weighted by Crippen LogP contribution is 2.48. The number of rotatable bonds is 3. The van der Waals surface area contributed by atoms with E-state index in [1.807, 2.05) is 19.1 Å². The van der Waals surface area contributed by atoms with Crippen molar-refractivity contribution in [2.75, 3.05) is 0 Å². The van der Waals surface area contributed by atoms with Gasteiger partial charge in [0.15, 0.2) is 0 Å². The van der Waals surface area contributed by atoms with Crippen molar-refractivity contribution < 1.29 is 0 Å². The maximum atomic E-state index is 6.40. The van der Waals surface area contributed by atoms with E-state index in [0.29, 0.717) is 11.8 Å². The largest absolute Gasteiger partial charge is 0.118 e. The van der Waals surface area contributed by atoms with E-state index in [-0.39, 0.29) is 5.38 Å². The molecule has 0 saturated heterocycles. The maximum absolute atomic E-state index is 6.40. The van der Waals surface area contributed by atoms with E-state index in [9.17, 15) is 0 Å². The molecule has 0 aromatic heterocycles. The van der Waals surface area contributed by atoms with Crippen LogP contribution in [-0.4, -0.2) is 0 Å². The molecule has 0 fully saturated rings. The monoisotopic (exact) mass is 274 g/mol. The summed E-state index contributed by atoms with van der Waals surface area (Å²) in [6, 6.07) is 6.57. The molecule has 1 aromatic rings. The van der Waals surface area contributed by atoms with Crippen LogP contribution in [0.25, 0.3) is 0 Å². The van der Waals surface area contributed by atoms with Gasteiger partial charge in [-0.3, -0.25) is 0 Å². The molecule has 102 valence electrons. The molecule has 0 spiro atoms. The summed E-state index contributed by atoms with van der Waals surface area (Å²) in [5.74, 6) is 0.776. The van der Waals surface area contributed by atoms with Crippen molar-refractivity contribution in [1.29, 1.82) is 0 Å². The van der Waals surface area contributed by atoms with Crippen LogP contribution in [0, 0.1) is 12.8 Å². The zero-order valence-electron chi connectivity index (χ0n) is 11.9. The fraction of sp³-hybridized carbons (Fsp3) is 0.333. The van der Waals surface area contributed by atoms with E-state index >= 15 is 0 Å². The Morgan fingerprint density at radius 1 is 1.21 bits per heavy atom. The maximum Gasteiger partial charge on any atom is 0.0594 e. The van der Waals surface area contributed by atoms with Crippen LogP contribution >= 0.6 is 11.6 Å². The minimum Gasteiger partial charge on any atom is -0.118 e. The predicted octanol–water partition coefficient (Wildman–Crippen LogP) is 5.94. The summed E-state index contributed by atoms with van der Waals surface area (Å²) in [5.41, 5.74) is 3.94. The lowest BCUT2D eigenvalue weighted by molar-refractivity contribution is 0.583. The van der Waals surface area contributed by atoms with Gasteiger partial charge < -0.3 is 0 Å². The third kappa shape index (κ3) is 3.61. The summed E-state index contributed by atoms with van der Waals surface area (Å²) in [5, 5.41) is 0.141. The van der Waals surface area contributed by atoms with E-state index in [1.165, 1.54) is 16.7 Å². The van der Waals surface area contributed by atoms with Crippen molar-refractivity contribution >= 4 is 11.6 Å². The third-order valence-corrected chi connectivity index (χ3v) is 3.86. The number of halogens is 1. The Hall–Kier alpha value is -1.27. The standard InChI is InChI=1S/C15H17Cl.C3H6/c1-4-11(5-2)13-9-15(16)14-8-10(3)6-7-12(13)14;1-3-2/h4-8,11,13,15H,1-2,9H2,3H3;3H,1H2,2H3. The van der Waals surface area contributed by atoms with Crippen LogP contribution in [0.2, 0.25) is 0 Å². The van der Waals surface area contributed by atoms with E-state index in [1.54, 1.807) is 6.08 Å². The Kier molecular flexibility index (Phi) is 6.11. The van der Waals surface area contributed by atoms with Crippen LogP contribution < -0.4 is 0 Å². The molecule has 0 heterocycles. The van der Waals surface area contributed by atoms with Gasteiger partial charge in [0, 0.05) is 5.92 Å². The highest BCUT2D eigenvalue weighted by atomic mass is 35.5. The number of aryl methyl sites for hydroxylation is 1. The number of hydrogen-bond donors (Lipinski definition) is 0. The molecule has 2 atom stereocenters. The lowest BCUT2D eigenvalue weighted by atomic mass is 9.87. The fourth-order valence-electron chi connectivity index (χ4n) is 2.57. The van der Waals surface area contributed by atoms with Gasteiger partial charge in [-0.05, 0) is 37.3 Å². The first kappa shape index (κ1) is 15.8. The van der Waals surface area contributed by atoms with E-state index in [4.69, 9.17) is 11.6 Å². The molecule has 0 aliphatic heterocycles. The first-order valence-corrected chi connectivity index (χ1v) is 7.09. The van der Waals surface area contributed by atoms with Crippen LogP contribution in [0.1, 0.15) is 41.3 Å². The molecule has 0 bridgehead atoms. The number of benzene rings is 1. The number of allylic oxidation sites excluding steroid dienone is 3. The van der Waals surface area contributed by atoms with E-state index in [0.717, 1.165) is 6.42 Å². The van der Waals surface area contributed by atoms with Crippen molar-refractivity contribution in [3.8, 4) is 0 Å². The first-order valence-electron chi connectivity index (χ1n) is 6.65. The fourth-order valence-corrected chi connectivity index (χ4v) is 2.95. The lowest BCUT2D eigenvalue weighted by Crippen LogP contribution is -2.04. The van der Waals surface area contributed by atoms with Gasteiger partial charge in [0.05, 0.1) is 5.38 Å². The molecule has 0 amide bonds. The normalized spacial score (nSPS) is 20.2. The molecule has 2 unspecified atom stereocenters. The molecule has 1 aromatic carbocycles. The molecule has 2 rings (SSSR count). The van der Waals surface area contributed by atoms with Gasteiger partial charge in [-0.15, -0.1) is 31.3 Å². The van der Waals surface area contributed by atoms with Crippen LogP contribution in [0.3, 0.4) is 0 Å². The predicted molar refractivity (Wildman–Crippen MR) is 86.9 cm³/mol. The number of fused-ring (bicyclic) bond motifs is 1. The van der Waals surface area contributed by atoms with E-state index in [2.05, 4.69) is 44.9 Å². The minimum absolute atomic E-state index is 0.141. The average molecular weight is 275 g/mol. The molecule has 1 aliphatic rings. The highest BCUT2D eigenvalue weighted by molar-refractivity contribution is 6.21. The van der Waals surface area contributed by atoms with Gasteiger partial charge in [-0.2, -0.15) is 0 Å². The summed E-state index contributed by atoms with van der Waals surface area (Å²) in [4.78, 5) is 0. The van der Waals surface area contributed by atoms with Gasteiger partial charge >= 0.3 is 0 Å². The Morgan fingerprint density at radius 3 is 2.32 bits per heavy atom. The zero-order valence-corrected chi connectivity index (χ0v) is 12.7. The SMILES string of the molecule is C=CC.C=CC(C=C)C1CC(Cl)c2cc(C)ccc21. The Bertz CT molecular complexity index is 451. The van der Waals surface area contributed by atoms with Crippen LogP contribution in [0.4, 0.5) is 0 Å². The highest BCUT2D eigenvalue weighted by Gasteiger charge is 2.32. The smallest absolute Gasteiger partial charge is 0.0594 e. The van der Waals surface area contributed by atoms with Gasteiger partial charge in [-0.1, -0.05) is 42.0 Å². The molecular weight excluding hydrogens is 252 g/mol. The topological polar surface area (TPSA) is 0 Å². The third-order valence-electron chi connectivity index (χ3n) is 3.45. The minimum atomic E-state index is 0.141. The van der Waals surface area contributed by atoms with Crippen LogP contribution in [-0.2, 0) is 0 Å². The van der Waals surface area contributed by atoms with Crippen molar-refractivity contribution in [2.24, 2.45) is 5.92 Å². The van der Waals surface area contributed by atoms with Crippen LogP contribution in [0.15, 0.2) is 56.2 Å². The van der Waals surface area contributed by atoms with Crippen molar-refractivity contribution in [3.63, 3.8) is 0 Å². The number of hydrogen-bond acceptors (Lipinski definition) is 0. The van der Waals surface area contributed by atoms with Gasteiger partial charge in [0.25, 0.3) is 0 Å². The first-order chi connectivity index (χ1) is 9.08. The second-order valence-electron chi connectivity index (χ2n) is 4.90. The lowest BCUT2D eigenvalue weighted by Gasteiger charge is -2.17. The van der Waals surface area contributed by atoms with Crippen LogP contribution in [0.5, 0.6) is 0 Å². The second kappa shape index (κ2) is 7.35. The molecule has 1 aliphatic carbocycles. The molecule has 1 heteroatoms. The van der Waals surface area contributed by atoms with Crippen molar-refractivity contribution in [2.45, 2.75) is 31.6 Å². The Balaban J connectivity index is 0.000000550. The van der Waals surface area contributed by atoms with Gasteiger partial charge in [-0.25, -0.2) is 0 Å². The summed E-state index contributed by atoms with van der Waals surface area (Å²) < 4.78 is 0. The van der Waals surface area contributed by atoms with Gasteiger partial charge in [0.1, 0.15) is 0 Å². The average Bonchev–Trinajstić information content (AvgIpc) is 2.69. The van der Waals surface area contributed by atoms with Crippen molar-refractivity contribution in [3.05, 3.63) is 72.9 Å². The second-order valence-corrected chi connectivity index (χ2v) is 5.43. The Labute approximate surface area is 122 Å². The molecule has 0 saturated carbocycles. The quantitative estimate of drug-likeness (QED) is 0.472. The van der Waals surface area contributed by atoms with Gasteiger partial charge in [0.2, 0.25) is 0 Å². The summed E-state index contributed by atoms with van der Waals surface area (Å²) in [6.07, 6.45) is 6.68. The molecule has 19 heavy (non-hydrogen) atoms.